The van der Waals surface area contributed by atoms with Gasteiger partial charge in [0, 0.05) is 38.1 Å². The van der Waals surface area contributed by atoms with Crippen molar-refractivity contribution in [1.82, 2.24) is 15.1 Å². The Morgan fingerprint density at radius 2 is 1.91 bits per heavy atom. The highest BCUT2D eigenvalue weighted by molar-refractivity contribution is 5.85. The Hall–Kier alpha value is -0.0700. The fourth-order valence-electron chi connectivity index (χ4n) is 3.64. The third-order valence-electron chi connectivity index (χ3n) is 4.84. The first-order valence-corrected chi connectivity index (χ1v) is 8.16. The molecule has 3 aliphatic heterocycles. The van der Waals surface area contributed by atoms with Crippen LogP contribution in [-0.2, 0) is 9.53 Å². The van der Waals surface area contributed by atoms with Gasteiger partial charge in [-0.3, -0.25) is 9.69 Å². The molecule has 130 valence electrons. The normalized spacial score (nSPS) is 29.5. The lowest BCUT2D eigenvalue weighted by Crippen LogP contribution is -2.45. The number of nitrogens with zero attached hydrogens (tertiary/aromatic N) is 2. The molecule has 2 atom stereocenters. The molecular weight excluding hydrogens is 325 g/mol. The molecule has 0 aromatic rings. The van der Waals surface area contributed by atoms with Gasteiger partial charge in [0.2, 0.25) is 5.91 Å². The number of ether oxygens (including phenoxy) is 1. The zero-order valence-electron chi connectivity index (χ0n) is 13.2. The van der Waals surface area contributed by atoms with E-state index >= 15 is 0 Å². The van der Waals surface area contributed by atoms with Crippen LogP contribution in [0.4, 0.5) is 0 Å². The Kier molecular flexibility index (Phi) is 9.02. The van der Waals surface area contributed by atoms with E-state index in [9.17, 15) is 4.79 Å². The van der Waals surface area contributed by atoms with Crippen molar-refractivity contribution < 1.29 is 9.53 Å². The van der Waals surface area contributed by atoms with Gasteiger partial charge in [0.15, 0.2) is 0 Å². The number of carbonyl (C=O) groups is 1. The van der Waals surface area contributed by atoms with Crippen molar-refractivity contribution in [3.8, 4) is 0 Å². The van der Waals surface area contributed by atoms with Crippen LogP contribution in [-0.4, -0.2) is 73.7 Å². The maximum atomic E-state index is 12.4. The third kappa shape index (κ3) is 5.24. The molecule has 1 N–H and O–H groups in total. The summed E-state index contributed by atoms with van der Waals surface area (Å²) in [5.41, 5.74) is 0. The molecule has 0 spiro atoms. The number of morpholine rings is 1. The molecule has 0 saturated carbocycles. The van der Waals surface area contributed by atoms with Gasteiger partial charge in [-0.1, -0.05) is 6.42 Å². The Morgan fingerprint density at radius 3 is 2.59 bits per heavy atom. The first kappa shape index (κ1) is 20.0. The molecule has 2 unspecified atom stereocenters. The molecule has 7 heteroatoms. The summed E-state index contributed by atoms with van der Waals surface area (Å²) < 4.78 is 5.42. The van der Waals surface area contributed by atoms with Crippen LogP contribution in [0.15, 0.2) is 0 Å². The highest BCUT2D eigenvalue weighted by Gasteiger charge is 2.31. The minimum Gasteiger partial charge on any atom is -0.378 e. The maximum Gasteiger partial charge on any atom is 0.224 e. The van der Waals surface area contributed by atoms with E-state index in [2.05, 4.69) is 15.1 Å². The lowest BCUT2D eigenvalue weighted by atomic mass is 10.1. The van der Waals surface area contributed by atoms with Gasteiger partial charge in [0.1, 0.15) is 0 Å². The molecule has 0 aliphatic carbocycles. The molecule has 0 radical (unpaired) electrons. The Labute approximate surface area is 145 Å². The van der Waals surface area contributed by atoms with Crippen LogP contribution < -0.4 is 5.32 Å². The van der Waals surface area contributed by atoms with Crippen molar-refractivity contribution in [3.63, 3.8) is 0 Å². The molecular formula is C15H29Cl2N3O2. The second-order valence-corrected chi connectivity index (χ2v) is 6.31. The largest absolute Gasteiger partial charge is 0.378 e. The van der Waals surface area contributed by atoms with Crippen molar-refractivity contribution in [2.45, 2.75) is 44.2 Å². The van der Waals surface area contributed by atoms with Crippen molar-refractivity contribution in [3.05, 3.63) is 0 Å². The van der Waals surface area contributed by atoms with Crippen molar-refractivity contribution in [1.29, 1.82) is 0 Å². The van der Waals surface area contributed by atoms with Crippen LogP contribution in [0.3, 0.4) is 0 Å². The predicted octanol–water partition coefficient (Wildman–Crippen LogP) is 1.30. The number of carbonyl (C=O) groups excluding carboxylic acids is 1. The molecule has 3 fully saturated rings. The smallest absolute Gasteiger partial charge is 0.224 e. The summed E-state index contributed by atoms with van der Waals surface area (Å²) in [5, 5.41) is 3.37. The zero-order chi connectivity index (χ0) is 13.8. The molecule has 0 bridgehead atoms. The summed E-state index contributed by atoms with van der Waals surface area (Å²) in [6.07, 6.45) is 5.77. The number of hydrogen-bond donors (Lipinski definition) is 1. The van der Waals surface area contributed by atoms with Gasteiger partial charge < -0.3 is 15.0 Å². The van der Waals surface area contributed by atoms with E-state index in [0.717, 1.165) is 32.7 Å². The number of likely N-dealkylation sites (tertiary alicyclic amines) is 2. The molecule has 22 heavy (non-hydrogen) atoms. The minimum atomic E-state index is 0. The second kappa shape index (κ2) is 9.93. The molecule has 3 saturated heterocycles. The predicted molar refractivity (Wildman–Crippen MR) is 92.1 cm³/mol. The molecule has 3 rings (SSSR count). The standard InChI is InChI=1S/C15H27N3O2.2ClH/c19-15(10-13-12-20-9-5-16-13)18-8-4-14(11-18)17-6-2-1-3-7-17;;/h13-14,16H,1-12H2;2*1H. The minimum absolute atomic E-state index is 0. The fourth-order valence-corrected chi connectivity index (χ4v) is 3.64. The van der Waals surface area contributed by atoms with E-state index in [-0.39, 0.29) is 30.9 Å². The molecule has 5 nitrogen and oxygen atoms in total. The number of hydrogen-bond acceptors (Lipinski definition) is 4. The van der Waals surface area contributed by atoms with Gasteiger partial charge in [-0.05, 0) is 32.4 Å². The Balaban J connectivity index is 0.00000121. The molecule has 3 heterocycles. The van der Waals surface area contributed by atoms with Crippen molar-refractivity contribution >= 4 is 30.7 Å². The SMILES string of the molecule is Cl.Cl.O=C(CC1COCCN1)N1CCC(N2CCCCC2)C1. The van der Waals surface area contributed by atoms with Gasteiger partial charge in [0.05, 0.1) is 13.2 Å². The topological polar surface area (TPSA) is 44.8 Å². The number of piperidine rings is 1. The van der Waals surface area contributed by atoms with Gasteiger partial charge >= 0.3 is 0 Å². The van der Waals surface area contributed by atoms with Gasteiger partial charge in [-0.15, -0.1) is 24.8 Å². The quantitative estimate of drug-likeness (QED) is 0.830. The zero-order valence-corrected chi connectivity index (χ0v) is 14.8. The van der Waals surface area contributed by atoms with Crippen LogP contribution in [0.1, 0.15) is 32.1 Å². The maximum absolute atomic E-state index is 12.4. The lowest BCUT2D eigenvalue weighted by Gasteiger charge is -2.32. The van der Waals surface area contributed by atoms with E-state index in [0.29, 0.717) is 25.0 Å². The van der Waals surface area contributed by atoms with Gasteiger partial charge in [-0.2, -0.15) is 0 Å². The summed E-state index contributed by atoms with van der Waals surface area (Å²) in [5.74, 6) is 0.299. The summed E-state index contributed by atoms with van der Waals surface area (Å²) in [4.78, 5) is 17.0. The average Bonchev–Trinajstić information content (AvgIpc) is 2.99. The monoisotopic (exact) mass is 353 g/mol. The number of amides is 1. The number of rotatable bonds is 3. The fraction of sp³-hybridized carbons (Fsp3) is 0.933. The highest BCUT2D eigenvalue weighted by atomic mass is 35.5. The van der Waals surface area contributed by atoms with Crippen LogP contribution >= 0.6 is 24.8 Å². The van der Waals surface area contributed by atoms with Crippen molar-refractivity contribution in [2.75, 3.05) is 45.9 Å². The van der Waals surface area contributed by atoms with E-state index in [1.807, 2.05) is 0 Å². The first-order chi connectivity index (χ1) is 9.83. The van der Waals surface area contributed by atoms with Crippen LogP contribution in [0, 0.1) is 0 Å². The molecule has 0 aromatic carbocycles. The number of halogens is 2. The van der Waals surface area contributed by atoms with E-state index in [1.54, 1.807) is 0 Å². The second-order valence-electron chi connectivity index (χ2n) is 6.31. The Bertz CT molecular complexity index is 335. The van der Waals surface area contributed by atoms with Crippen LogP contribution in [0.5, 0.6) is 0 Å². The Morgan fingerprint density at radius 1 is 1.14 bits per heavy atom. The van der Waals surface area contributed by atoms with Crippen molar-refractivity contribution in [2.24, 2.45) is 0 Å². The average molecular weight is 354 g/mol. The summed E-state index contributed by atoms with van der Waals surface area (Å²) in [7, 11) is 0. The van der Waals surface area contributed by atoms with E-state index in [1.165, 1.54) is 32.4 Å². The first-order valence-electron chi connectivity index (χ1n) is 8.16. The summed E-state index contributed by atoms with van der Waals surface area (Å²) in [6.45, 7) is 6.64. The van der Waals surface area contributed by atoms with Crippen LogP contribution in [0.25, 0.3) is 0 Å². The van der Waals surface area contributed by atoms with Crippen LogP contribution in [0.2, 0.25) is 0 Å². The molecule has 3 aliphatic rings. The number of nitrogens with one attached hydrogen (secondary N) is 1. The van der Waals surface area contributed by atoms with E-state index in [4.69, 9.17) is 4.74 Å². The van der Waals surface area contributed by atoms with Gasteiger partial charge in [0.25, 0.3) is 0 Å². The molecule has 0 aromatic heterocycles. The van der Waals surface area contributed by atoms with Gasteiger partial charge in [-0.25, -0.2) is 0 Å². The summed E-state index contributed by atoms with van der Waals surface area (Å²) in [6, 6.07) is 0.820. The van der Waals surface area contributed by atoms with E-state index < -0.39 is 0 Å². The third-order valence-corrected chi connectivity index (χ3v) is 4.84. The molecule has 1 amide bonds. The summed E-state index contributed by atoms with van der Waals surface area (Å²) >= 11 is 0. The lowest BCUT2D eigenvalue weighted by molar-refractivity contribution is -0.131. The highest BCUT2D eigenvalue weighted by Crippen LogP contribution is 2.21.